The quantitative estimate of drug-likeness (QED) is 0.734. The third-order valence-corrected chi connectivity index (χ3v) is 6.28. The normalized spacial score (nSPS) is 19.0. The van der Waals surface area contributed by atoms with E-state index in [1.807, 2.05) is 30.5 Å². The summed E-state index contributed by atoms with van der Waals surface area (Å²) in [5.41, 5.74) is 3.91. The first-order valence-electron chi connectivity index (χ1n) is 10.1. The summed E-state index contributed by atoms with van der Waals surface area (Å²) in [6, 6.07) is 16.5. The summed E-state index contributed by atoms with van der Waals surface area (Å²) >= 11 is 0. The number of amides is 1. The minimum atomic E-state index is -0.393. The number of nitrogens with one attached hydrogen (secondary N) is 2. The molecule has 1 aliphatic heterocycles. The van der Waals surface area contributed by atoms with E-state index in [-0.39, 0.29) is 5.91 Å². The summed E-state index contributed by atoms with van der Waals surface area (Å²) in [6.45, 7) is 4.27. The van der Waals surface area contributed by atoms with Gasteiger partial charge in [-0.2, -0.15) is 0 Å². The van der Waals surface area contributed by atoms with Crippen LogP contribution in [0.4, 0.5) is 11.4 Å². The molecule has 2 aliphatic rings. The summed E-state index contributed by atoms with van der Waals surface area (Å²) in [6.07, 6.45) is 3.81. The Morgan fingerprint density at radius 2 is 1.71 bits per heavy atom. The number of carbonyl (C=O) groups excluding carboxylic acids is 1. The predicted molar refractivity (Wildman–Crippen MR) is 114 cm³/mol. The van der Waals surface area contributed by atoms with Gasteiger partial charge in [-0.05, 0) is 55.8 Å². The first kappa shape index (κ1) is 17.3. The fourth-order valence-electron chi connectivity index (χ4n) is 4.28. The van der Waals surface area contributed by atoms with Crippen molar-refractivity contribution in [2.24, 2.45) is 0 Å². The number of H-pyrrole nitrogens is 1. The number of anilines is 2. The van der Waals surface area contributed by atoms with Gasteiger partial charge < -0.3 is 20.1 Å². The monoisotopic (exact) mass is 374 g/mol. The maximum absolute atomic E-state index is 13.1. The van der Waals surface area contributed by atoms with Gasteiger partial charge in [-0.1, -0.05) is 18.2 Å². The van der Waals surface area contributed by atoms with Crippen LogP contribution in [0.15, 0.2) is 54.7 Å². The van der Waals surface area contributed by atoms with Crippen molar-refractivity contribution in [1.82, 2.24) is 9.88 Å². The van der Waals surface area contributed by atoms with Crippen molar-refractivity contribution in [2.75, 3.05) is 43.4 Å². The highest BCUT2D eigenvalue weighted by molar-refractivity contribution is 6.04. The summed E-state index contributed by atoms with van der Waals surface area (Å²) in [4.78, 5) is 21.2. The summed E-state index contributed by atoms with van der Waals surface area (Å²) < 4.78 is 0. The van der Waals surface area contributed by atoms with E-state index in [0.29, 0.717) is 0 Å². The van der Waals surface area contributed by atoms with E-state index in [1.165, 1.54) is 5.69 Å². The molecule has 5 rings (SSSR count). The molecular weight excluding hydrogens is 348 g/mol. The second-order valence-electron chi connectivity index (χ2n) is 8.12. The molecule has 0 radical (unpaired) electrons. The van der Waals surface area contributed by atoms with E-state index in [0.717, 1.165) is 61.2 Å². The average Bonchev–Trinajstić information content (AvgIpc) is 3.42. The van der Waals surface area contributed by atoms with E-state index in [2.05, 4.69) is 51.4 Å². The van der Waals surface area contributed by atoms with Crippen LogP contribution in [0.2, 0.25) is 0 Å². The second kappa shape index (κ2) is 6.67. The number of hydrogen-bond donors (Lipinski definition) is 2. The Labute approximate surface area is 165 Å². The van der Waals surface area contributed by atoms with Gasteiger partial charge >= 0.3 is 0 Å². The lowest BCUT2D eigenvalue weighted by molar-refractivity contribution is -0.118. The van der Waals surface area contributed by atoms with Gasteiger partial charge in [0.25, 0.3) is 0 Å². The number of aromatic nitrogens is 1. The number of likely N-dealkylation sites (N-methyl/N-ethyl adjacent to an activating group) is 1. The third kappa shape index (κ3) is 2.96. The number of piperazine rings is 1. The molecule has 2 fully saturated rings. The number of aromatic amines is 1. The highest BCUT2D eigenvalue weighted by atomic mass is 16.2. The molecule has 3 aromatic rings. The fourth-order valence-corrected chi connectivity index (χ4v) is 4.28. The molecule has 5 nitrogen and oxygen atoms in total. The van der Waals surface area contributed by atoms with Gasteiger partial charge in [0.2, 0.25) is 5.91 Å². The van der Waals surface area contributed by atoms with E-state index < -0.39 is 5.41 Å². The van der Waals surface area contributed by atoms with E-state index in [9.17, 15) is 4.79 Å². The average molecular weight is 374 g/mol. The van der Waals surface area contributed by atoms with Gasteiger partial charge in [-0.25, -0.2) is 0 Å². The van der Waals surface area contributed by atoms with Gasteiger partial charge in [0.15, 0.2) is 0 Å². The minimum absolute atomic E-state index is 0.101. The topological polar surface area (TPSA) is 51.4 Å². The van der Waals surface area contributed by atoms with Gasteiger partial charge in [-0.3, -0.25) is 4.79 Å². The first-order chi connectivity index (χ1) is 13.7. The molecule has 0 unspecified atom stereocenters. The van der Waals surface area contributed by atoms with Crippen LogP contribution in [-0.4, -0.2) is 49.0 Å². The summed E-state index contributed by atoms with van der Waals surface area (Å²) in [7, 11) is 2.16. The smallest absolute Gasteiger partial charge is 0.235 e. The highest BCUT2D eigenvalue weighted by Crippen LogP contribution is 2.51. The van der Waals surface area contributed by atoms with Crippen LogP contribution in [0, 0.1) is 0 Å². The highest BCUT2D eigenvalue weighted by Gasteiger charge is 2.52. The van der Waals surface area contributed by atoms with Gasteiger partial charge in [0.1, 0.15) is 0 Å². The van der Waals surface area contributed by atoms with Gasteiger partial charge in [-0.15, -0.1) is 0 Å². The Kier molecular flexibility index (Phi) is 4.13. The van der Waals surface area contributed by atoms with Crippen molar-refractivity contribution in [3.05, 3.63) is 60.3 Å². The zero-order valence-electron chi connectivity index (χ0n) is 16.2. The molecule has 1 saturated carbocycles. The summed E-state index contributed by atoms with van der Waals surface area (Å²) in [5.74, 6) is 0.101. The van der Waals surface area contributed by atoms with Crippen LogP contribution in [0.5, 0.6) is 0 Å². The number of carbonyl (C=O) groups is 1. The number of hydrogen-bond acceptors (Lipinski definition) is 3. The lowest BCUT2D eigenvalue weighted by Crippen LogP contribution is -2.44. The Hall–Kier alpha value is -2.79. The van der Waals surface area contributed by atoms with Crippen LogP contribution in [0.1, 0.15) is 18.4 Å². The second-order valence-corrected chi connectivity index (χ2v) is 8.12. The van der Waals surface area contributed by atoms with E-state index in [1.54, 1.807) is 0 Å². The minimum Gasteiger partial charge on any atom is -0.369 e. The van der Waals surface area contributed by atoms with E-state index >= 15 is 0 Å². The molecule has 1 saturated heterocycles. The number of fused-ring (bicyclic) bond motifs is 1. The molecule has 5 heteroatoms. The van der Waals surface area contributed by atoms with Gasteiger partial charge in [0.05, 0.1) is 5.41 Å². The molecule has 2 heterocycles. The molecule has 0 spiro atoms. The largest absolute Gasteiger partial charge is 0.369 e. The van der Waals surface area contributed by atoms with Crippen molar-refractivity contribution < 1.29 is 4.79 Å². The molecule has 28 heavy (non-hydrogen) atoms. The van der Waals surface area contributed by atoms with Crippen molar-refractivity contribution >= 4 is 28.2 Å². The van der Waals surface area contributed by atoms with Gasteiger partial charge in [0, 0.05) is 54.7 Å². The maximum Gasteiger partial charge on any atom is 0.235 e. The Balaban J connectivity index is 1.31. The van der Waals surface area contributed by atoms with Crippen LogP contribution in [0.3, 0.4) is 0 Å². The Morgan fingerprint density at radius 3 is 2.43 bits per heavy atom. The standard InChI is InChI=1S/C23H26N4O/c1-26-12-14-27(15-13-26)18-8-6-17(7-9-18)25-22(28)23(10-11-23)20-16-24-21-5-3-2-4-19(20)21/h2-9,16,24H,10-15H2,1H3,(H,25,28). The maximum atomic E-state index is 13.1. The Morgan fingerprint density at radius 1 is 1.00 bits per heavy atom. The molecule has 0 atom stereocenters. The first-order valence-corrected chi connectivity index (χ1v) is 10.1. The van der Waals surface area contributed by atoms with Crippen molar-refractivity contribution in [3.63, 3.8) is 0 Å². The predicted octanol–water partition coefficient (Wildman–Crippen LogP) is 3.59. The summed E-state index contributed by atoms with van der Waals surface area (Å²) in [5, 5.41) is 4.31. The van der Waals surface area contributed by atoms with Crippen LogP contribution in [-0.2, 0) is 10.2 Å². The zero-order valence-corrected chi connectivity index (χ0v) is 16.2. The van der Waals surface area contributed by atoms with Crippen LogP contribution < -0.4 is 10.2 Å². The molecule has 2 aromatic carbocycles. The van der Waals surface area contributed by atoms with E-state index in [4.69, 9.17) is 0 Å². The molecule has 2 N–H and O–H groups in total. The Bertz CT molecular complexity index is 995. The number of benzene rings is 2. The zero-order chi connectivity index (χ0) is 19.1. The van der Waals surface area contributed by atoms with Crippen LogP contribution in [0.25, 0.3) is 10.9 Å². The number of nitrogens with zero attached hydrogens (tertiary/aromatic N) is 2. The lowest BCUT2D eigenvalue weighted by atomic mass is 9.94. The molecule has 1 aromatic heterocycles. The number of para-hydroxylation sites is 1. The van der Waals surface area contributed by atoms with Crippen LogP contribution >= 0.6 is 0 Å². The molecular formula is C23H26N4O. The molecule has 1 aliphatic carbocycles. The fraction of sp³-hybridized carbons (Fsp3) is 0.348. The lowest BCUT2D eigenvalue weighted by Gasteiger charge is -2.34. The van der Waals surface area contributed by atoms with Crippen molar-refractivity contribution in [3.8, 4) is 0 Å². The van der Waals surface area contributed by atoms with Crippen molar-refractivity contribution in [1.29, 1.82) is 0 Å². The number of rotatable bonds is 4. The molecule has 144 valence electrons. The third-order valence-electron chi connectivity index (χ3n) is 6.28. The SMILES string of the molecule is CN1CCN(c2ccc(NC(=O)C3(c4c[nH]c5ccccc45)CC3)cc2)CC1. The van der Waals surface area contributed by atoms with Crippen molar-refractivity contribution in [2.45, 2.75) is 18.3 Å². The molecule has 0 bridgehead atoms. The molecule has 1 amide bonds.